The molecule has 0 aromatic heterocycles. The van der Waals surface area contributed by atoms with E-state index in [4.69, 9.17) is 9.47 Å². The molecule has 0 unspecified atom stereocenters. The van der Waals surface area contributed by atoms with Crippen molar-refractivity contribution in [1.29, 1.82) is 0 Å². The van der Waals surface area contributed by atoms with Crippen LogP contribution in [0.2, 0.25) is 0 Å². The van der Waals surface area contributed by atoms with Crippen LogP contribution in [0.15, 0.2) is 30.3 Å². The number of ether oxygens (including phenoxy) is 2. The van der Waals surface area contributed by atoms with Gasteiger partial charge < -0.3 is 14.8 Å². The van der Waals surface area contributed by atoms with Gasteiger partial charge >= 0.3 is 0 Å². The van der Waals surface area contributed by atoms with Crippen molar-refractivity contribution in [3.63, 3.8) is 0 Å². The molecule has 2 rings (SSSR count). The normalized spacial score (nSPS) is 27.9. The SMILES string of the molecule is COC1(OC)CC[C@H](C)N[C@H]1c1ccccc1. The van der Waals surface area contributed by atoms with Crippen LogP contribution in [-0.4, -0.2) is 26.0 Å². The van der Waals surface area contributed by atoms with Crippen LogP contribution < -0.4 is 5.32 Å². The van der Waals surface area contributed by atoms with E-state index in [0.717, 1.165) is 12.8 Å². The Kier molecular flexibility index (Phi) is 3.82. The minimum atomic E-state index is -0.548. The number of piperidine rings is 1. The van der Waals surface area contributed by atoms with Crippen molar-refractivity contribution >= 4 is 0 Å². The van der Waals surface area contributed by atoms with Gasteiger partial charge in [0.1, 0.15) is 0 Å². The summed E-state index contributed by atoms with van der Waals surface area (Å²) in [4.78, 5) is 0. The molecule has 17 heavy (non-hydrogen) atoms. The average molecular weight is 235 g/mol. The topological polar surface area (TPSA) is 30.5 Å². The van der Waals surface area contributed by atoms with E-state index in [1.165, 1.54) is 5.56 Å². The predicted octanol–water partition coefficient (Wildman–Crippen LogP) is 2.49. The Labute approximate surface area is 103 Å². The minimum Gasteiger partial charge on any atom is -0.351 e. The van der Waals surface area contributed by atoms with E-state index < -0.39 is 5.79 Å². The third kappa shape index (κ3) is 2.37. The lowest BCUT2D eigenvalue weighted by atomic mass is 9.88. The fourth-order valence-corrected chi connectivity index (χ4v) is 2.58. The molecule has 0 radical (unpaired) electrons. The van der Waals surface area contributed by atoms with Crippen LogP contribution in [-0.2, 0) is 9.47 Å². The summed E-state index contributed by atoms with van der Waals surface area (Å²) in [6.45, 7) is 2.20. The zero-order valence-corrected chi connectivity index (χ0v) is 10.8. The largest absolute Gasteiger partial charge is 0.351 e. The second-order valence-electron chi connectivity index (χ2n) is 4.67. The zero-order chi connectivity index (χ0) is 12.3. The van der Waals surface area contributed by atoms with Gasteiger partial charge in [0, 0.05) is 26.7 Å². The lowest BCUT2D eigenvalue weighted by Gasteiger charge is -2.44. The maximum absolute atomic E-state index is 5.66. The molecule has 1 heterocycles. The Hall–Kier alpha value is -0.900. The van der Waals surface area contributed by atoms with Crippen molar-refractivity contribution in [1.82, 2.24) is 5.32 Å². The Balaban J connectivity index is 2.32. The van der Waals surface area contributed by atoms with E-state index in [-0.39, 0.29) is 6.04 Å². The van der Waals surface area contributed by atoms with Crippen LogP contribution >= 0.6 is 0 Å². The third-order valence-corrected chi connectivity index (χ3v) is 3.64. The van der Waals surface area contributed by atoms with Gasteiger partial charge in [-0.2, -0.15) is 0 Å². The Morgan fingerprint density at radius 1 is 1.18 bits per heavy atom. The summed E-state index contributed by atoms with van der Waals surface area (Å²) >= 11 is 0. The van der Waals surface area contributed by atoms with Gasteiger partial charge in [0.2, 0.25) is 0 Å². The maximum atomic E-state index is 5.66. The summed E-state index contributed by atoms with van der Waals surface area (Å²) in [6, 6.07) is 10.9. The Morgan fingerprint density at radius 2 is 1.82 bits per heavy atom. The molecule has 94 valence electrons. The molecule has 0 spiro atoms. The molecule has 1 fully saturated rings. The first-order chi connectivity index (χ1) is 8.22. The third-order valence-electron chi connectivity index (χ3n) is 3.64. The number of hydrogen-bond acceptors (Lipinski definition) is 3. The van der Waals surface area contributed by atoms with Gasteiger partial charge in [-0.05, 0) is 18.9 Å². The smallest absolute Gasteiger partial charge is 0.187 e. The van der Waals surface area contributed by atoms with Crippen LogP contribution in [0.25, 0.3) is 0 Å². The zero-order valence-electron chi connectivity index (χ0n) is 10.8. The van der Waals surface area contributed by atoms with Crippen molar-refractivity contribution in [2.24, 2.45) is 0 Å². The molecular formula is C14H21NO2. The number of benzene rings is 1. The summed E-state index contributed by atoms with van der Waals surface area (Å²) < 4.78 is 11.3. The van der Waals surface area contributed by atoms with E-state index in [2.05, 4.69) is 24.4 Å². The molecule has 1 aromatic carbocycles. The molecule has 1 saturated heterocycles. The van der Waals surface area contributed by atoms with Crippen molar-refractivity contribution in [2.75, 3.05) is 14.2 Å². The molecule has 3 nitrogen and oxygen atoms in total. The number of nitrogens with one attached hydrogen (secondary N) is 1. The average Bonchev–Trinajstić information content (AvgIpc) is 2.40. The summed E-state index contributed by atoms with van der Waals surface area (Å²) in [6.07, 6.45) is 1.97. The first-order valence-electron chi connectivity index (χ1n) is 6.13. The van der Waals surface area contributed by atoms with Crippen molar-refractivity contribution < 1.29 is 9.47 Å². The van der Waals surface area contributed by atoms with E-state index in [9.17, 15) is 0 Å². The fourth-order valence-electron chi connectivity index (χ4n) is 2.58. The molecule has 1 N–H and O–H groups in total. The quantitative estimate of drug-likeness (QED) is 0.816. The predicted molar refractivity (Wildman–Crippen MR) is 67.8 cm³/mol. The highest BCUT2D eigenvalue weighted by atomic mass is 16.7. The minimum absolute atomic E-state index is 0.0856. The lowest BCUT2D eigenvalue weighted by Crippen LogP contribution is -2.54. The molecule has 3 heteroatoms. The first-order valence-corrected chi connectivity index (χ1v) is 6.13. The number of methoxy groups -OCH3 is 2. The monoisotopic (exact) mass is 235 g/mol. The highest BCUT2D eigenvalue weighted by Gasteiger charge is 2.43. The van der Waals surface area contributed by atoms with Crippen LogP contribution in [0.5, 0.6) is 0 Å². The van der Waals surface area contributed by atoms with Crippen LogP contribution in [0.3, 0.4) is 0 Å². The second kappa shape index (κ2) is 5.17. The summed E-state index contributed by atoms with van der Waals surface area (Å²) in [5.74, 6) is -0.548. The van der Waals surface area contributed by atoms with Crippen LogP contribution in [0.4, 0.5) is 0 Å². The van der Waals surface area contributed by atoms with E-state index in [0.29, 0.717) is 6.04 Å². The summed E-state index contributed by atoms with van der Waals surface area (Å²) in [5, 5.41) is 3.58. The highest BCUT2D eigenvalue weighted by molar-refractivity contribution is 5.22. The second-order valence-corrected chi connectivity index (χ2v) is 4.67. The van der Waals surface area contributed by atoms with E-state index >= 15 is 0 Å². The van der Waals surface area contributed by atoms with Gasteiger partial charge in [0.05, 0.1) is 6.04 Å². The van der Waals surface area contributed by atoms with Gasteiger partial charge in [0.15, 0.2) is 5.79 Å². The highest BCUT2D eigenvalue weighted by Crippen LogP contribution is 2.38. The standard InChI is InChI=1S/C14H21NO2/c1-11-9-10-14(16-2,17-3)13(15-11)12-7-5-4-6-8-12/h4-8,11,13,15H,9-10H2,1-3H3/t11-,13-/m0/s1. The van der Waals surface area contributed by atoms with Crippen molar-refractivity contribution in [3.8, 4) is 0 Å². The van der Waals surface area contributed by atoms with Gasteiger partial charge in [-0.1, -0.05) is 30.3 Å². The summed E-state index contributed by atoms with van der Waals surface area (Å²) in [5.41, 5.74) is 1.21. The lowest BCUT2D eigenvalue weighted by molar-refractivity contribution is -0.242. The van der Waals surface area contributed by atoms with E-state index in [1.807, 2.05) is 18.2 Å². The molecule has 1 aliphatic rings. The van der Waals surface area contributed by atoms with E-state index in [1.54, 1.807) is 14.2 Å². The number of hydrogen-bond donors (Lipinski definition) is 1. The molecule has 1 aliphatic heterocycles. The van der Waals surface area contributed by atoms with Crippen LogP contribution in [0.1, 0.15) is 31.4 Å². The van der Waals surface area contributed by atoms with Crippen molar-refractivity contribution in [2.45, 2.75) is 37.6 Å². The molecule has 0 bridgehead atoms. The maximum Gasteiger partial charge on any atom is 0.187 e. The molecule has 0 saturated carbocycles. The molecule has 1 aromatic rings. The molecule has 0 aliphatic carbocycles. The number of rotatable bonds is 3. The van der Waals surface area contributed by atoms with Crippen molar-refractivity contribution in [3.05, 3.63) is 35.9 Å². The molecule has 0 amide bonds. The van der Waals surface area contributed by atoms with Gasteiger partial charge in [0.25, 0.3) is 0 Å². The first kappa shape index (κ1) is 12.6. The van der Waals surface area contributed by atoms with Crippen LogP contribution in [0, 0.1) is 0 Å². The molecule has 2 atom stereocenters. The van der Waals surface area contributed by atoms with Gasteiger partial charge in [-0.15, -0.1) is 0 Å². The van der Waals surface area contributed by atoms with Gasteiger partial charge in [-0.3, -0.25) is 0 Å². The Morgan fingerprint density at radius 3 is 2.41 bits per heavy atom. The fraction of sp³-hybridized carbons (Fsp3) is 0.571. The van der Waals surface area contributed by atoms with Gasteiger partial charge in [-0.25, -0.2) is 0 Å². The Bertz CT molecular complexity index is 348. The summed E-state index contributed by atoms with van der Waals surface area (Å²) in [7, 11) is 3.44. The molecular weight excluding hydrogens is 214 g/mol.